The number of nitrogens with one attached hydrogen (secondary N) is 3. The van der Waals surface area contributed by atoms with Gasteiger partial charge in [-0.1, -0.05) is 11.6 Å². The summed E-state index contributed by atoms with van der Waals surface area (Å²) in [7, 11) is 0. The van der Waals surface area contributed by atoms with Gasteiger partial charge < -0.3 is 15.4 Å². The Hall–Kier alpha value is -3.08. The molecule has 0 radical (unpaired) electrons. The molecular formula is C24H25ClN4O4S2. The van der Waals surface area contributed by atoms with Gasteiger partial charge in [-0.2, -0.15) is 0 Å². The van der Waals surface area contributed by atoms with Crippen molar-refractivity contribution < 1.29 is 19.1 Å². The summed E-state index contributed by atoms with van der Waals surface area (Å²) in [5.41, 5.74) is 0.953. The second-order valence-corrected chi connectivity index (χ2v) is 10.2. The summed E-state index contributed by atoms with van der Waals surface area (Å²) in [6.07, 6.45) is 0. The molecule has 0 fully saturated rings. The van der Waals surface area contributed by atoms with Crippen LogP contribution in [0.15, 0.2) is 53.9 Å². The van der Waals surface area contributed by atoms with Crippen molar-refractivity contribution in [3.8, 4) is 5.75 Å². The normalized spacial score (nSPS) is 11.0. The number of ether oxygens (including phenoxy) is 1. The highest BCUT2D eigenvalue weighted by Gasteiger charge is 2.30. The van der Waals surface area contributed by atoms with Gasteiger partial charge in [-0.05, 0) is 62.4 Å². The van der Waals surface area contributed by atoms with Crippen LogP contribution in [0.5, 0.6) is 5.75 Å². The van der Waals surface area contributed by atoms with Gasteiger partial charge in [0.2, 0.25) is 11.8 Å². The molecule has 0 bridgehead atoms. The summed E-state index contributed by atoms with van der Waals surface area (Å²) in [6, 6.07) is 13.7. The summed E-state index contributed by atoms with van der Waals surface area (Å²) < 4.78 is 5.80. The standard InChI is InChI=1S/C24H25ClN4O4S2/c1-15(30)26-17-6-8-18(9-7-17)27-21(31)14-34-12-19-13-35-23(28-19)29-22(32)24(2,3)33-20-10-4-16(25)5-11-20/h4-11,13H,12,14H2,1-3H3,(H,26,30)(H,27,31)(H,28,29,32). The van der Waals surface area contributed by atoms with E-state index in [1.807, 2.05) is 5.38 Å². The average molecular weight is 533 g/mol. The summed E-state index contributed by atoms with van der Waals surface area (Å²) in [5, 5.41) is 11.2. The molecule has 0 saturated carbocycles. The number of halogens is 1. The van der Waals surface area contributed by atoms with E-state index in [4.69, 9.17) is 16.3 Å². The second kappa shape index (κ2) is 12.1. The van der Waals surface area contributed by atoms with Crippen LogP contribution >= 0.6 is 34.7 Å². The van der Waals surface area contributed by atoms with Gasteiger partial charge in [0.15, 0.2) is 10.7 Å². The van der Waals surface area contributed by atoms with Crippen molar-refractivity contribution in [1.29, 1.82) is 0 Å². The molecule has 8 nitrogen and oxygen atoms in total. The number of hydrogen-bond donors (Lipinski definition) is 3. The van der Waals surface area contributed by atoms with E-state index in [1.54, 1.807) is 62.4 Å². The van der Waals surface area contributed by atoms with Gasteiger partial charge in [0.05, 0.1) is 11.4 Å². The number of rotatable bonds is 10. The average Bonchev–Trinajstić information content (AvgIpc) is 3.23. The zero-order chi connectivity index (χ0) is 25.4. The molecule has 1 heterocycles. The molecule has 0 aliphatic carbocycles. The fourth-order valence-corrected chi connectivity index (χ4v) is 4.46. The number of thiazole rings is 1. The van der Waals surface area contributed by atoms with E-state index in [0.717, 1.165) is 5.69 Å². The third kappa shape index (κ3) is 8.57. The number of anilines is 3. The van der Waals surface area contributed by atoms with Crippen molar-refractivity contribution in [2.24, 2.45) is 0 Å². The minimum Gasteiger partial charge on any atom is -0.478 e. The molecule has 0 spiro atoms. The highest BCUT2D eigenvalue weighted by molar-refractivity contribution is 7.99. The first-order valence-corrected chi connectivity index (χ1v) is 13.0. The van der Waals surface area contributed by atoms with Crippen LogP contribution in [-0.2, 0) is 20.1 Å². The quantitative estimate of drug-likeness (QED) is 0.321. The molecule has 3 aromatic rings. The van der Waals surface area contributed by atoms with Crippen molar-refractivity contribution in [3.63, 3.8) is 0 Å². The molecule has 11 heteroatoms. The molecule has 0 saturated heterocycles. The Morgan fingerprint density at radius 1 is 1.00 bits per heavy atom. The number of amides is 3. The molecule has 0 aliphatic rings. The van der Waals surface area contributed by atoms with Crippen molar-refractivity contribution in [3.05, 3.63) is 64.6 Å². The first-order valence-electron chi connectivity index (χ1n) is 10.6. The minimum absolute atomic E-state index is 0.146. The van der Waals surface area contributed by atoms with E-state index in [0.29, 0.717) is 33.0 Å². The fourth-order valence-electron chi connectivity index (χ4n) is 2.81. The largest absolute Gasteiger partial charge is 0.478 e. The van der Waals surface area contributed by atoms with Crippen LogP contribution in [0.4, 0.5) is 16.5 Å². The summed E-state index contributed by atoms with van der Waals surface area (Å²) in [4.78, 5) is 40.4. The number of nitrogens with zero attached hydrogens (tertiary/aromatic N) is 1. The van der Waals surface area contributed by atoms with Gasteiger partial charge >= 0.3 is 0 Å². The van der Waals surface area contributed by atoms with Gasteiger partial charge in [-0.15, -0.1) is 23.1 Å². The maximum Gasteiger partial charge on any atom is 0.269 e. The van der Waals surface area contributed by atoms with Crippen LogP contribution in [0.3, 0.4) is 0 Å². The van der Waals surface area contributed by atoms with E-state index in [-0.39, 0.29) is 23.5 Å². The maximum absolute atomic E-state index is 12.7. The molecule has 3 amide bonds. The molecule has 1 aromatic heterocycles. The monoisotopic (exact) mass is 532 g/mol. The third-order valence-electron chi connectivity index (χ3n) is 4.48. The Labute approximate surface area is 216 Å². The molecular weight excluding hydrogens is 508 g/mol. The Bertz CT molecular complexity index is 1180. The van der Waals surface area contributed by atoms with Gasteiger partial charge in [-0.3, -0.25) is 19.7 Å². The fraction of sp³-hybridized carbons (Fsp3) is 0.250. The van der Waals surface area contributed by atoms with Crippen molar-refractivity contribution in [2.75, 3.05) is 21.7 Å². The smallest absolute Gasteiger partial charge is 0.269 e. The van der Waals surface area contributed by atoms with E-state index in [2.05, 4.69) is 20.9 Å². The van der Waals surface area contributed by atoms with Crippen LogP contribution in [0, 0.1) is 0 Å². The van der Waals surface area contributed by atoms with Crippen LogP contribution in [0.25, 0.3) is 0 Å². The van der Waals surface area contributed by atoms with Gasteiger partial charge in [0.25, 0.3) is 5.91 Å². The van der Waals surface area contributed by atoms with Gasteiger partial charge in [0, 0.05) is 34.5 Å². The molecule has 3 rings (SSSR count). The third-order valence-corrected chi connectivity index (χ3v) is 6.50. The van der Waals surface area contributed by atoms with Crippen LogP contribution < -0.4 is 20.7 Å². The number of thioether (sulfide) groups is 1. The van der Waals surface area contributed by atoms with Crippen molar-refractivity contribution in [2.45, 2.75) is 32.1 Å². The lowest BCUT2D eigenvalue weighted by molar-refractivity contribution is -0.128. The molecule has 2 aromatic carbocycles. The molecule has 0 unspecified atom stereocenters. The first kappa shape index (κ1) is 26.5. The summed E-state index contributed by atoms with van der Waals surface area (Å²) in [6.45, 7) is 4.78. The molecule has 35 heavy (non-hydrogen) atoms. The highest BCUT2D eigenvalue weighted by atomic mass is 35.5. The van der Waals surface area contributed by atoms with Crippen LogP contribution in [0.2, 0.25) is 5.02 Å². The maximum atomic E-state index is 12.7. The SMILES string of the molecule is CC(=O)Nc1ccc(NC(=O)CSCc2csc(NC(=O)C(C)(C)Oc3ccc(Cl)cc3)n2)cc1. The molecule has 0 atom stereocenters. The van der Waals surface area contributed by atoms with Crippen LogP contribution in [-0.4, -0.2) is 34.1 Å². The zero-order valence-electron chi connectivity index (χ0n) is 19.4. The number of carbonyl (C=O) groups excluding carboxylic acids is 3. The van der Waals surface area contributed by atoms with E-state index in [1.165, 1.54) is 30.0 Å². The lowest BCUT2D eigenvalue weighted by Gasteiger charge is -2.24. The number of carbonyl (C=O) groups is 3. The van der Waals surface area contributed by atoms with Gasteiger partial charge in [-0.25, -0.2) is 4.98 Å². The number of hydrogen-bond acceptors (Lipinski definition) is 7. The zero-order valence-corrected chi connectivity index (χ0v) is 21.8. The van der Waals surface area contributed by atoms with E-state index >= 15 is 0 Å². The first-order chi connectivity index (χ1) is 16.6. The summed E-state index contributed by atoms with van der Waals surface area (Å²) >= 11 is 8.61. The van der Waals surface area contributed by atoms with Crippen molar-refractivity contribution in [1.82, 2.24) is 4.98 Å². The number of aromatic nitrogens is 1. The molecule has 0 aliphatic heterocycles. The second-order valence-electron chi connectivity index (χ2n) is 7.96. The lowest BCUT2D eigenvalue weighted by atomic mass is 10.1. The van der Waals surface area contributed by atoms with E-state index in [9.17, 15) is 14.4 Å². The topological polar surface area (TPSA) is 109 Å². The highest BCUT2D eigenvalue weighted by Crippen LogP contribution is 2.24. The Kier molecular flexibility index (Phi) is 9.13. The Morgan fingerprint density at radius 2 is 1.63 bits per heavy atom. The van der Waals surface area contributed by atoms with Crippen molar-refractivity contribution >= 4 is 68.9 Å². The minimum atomic E-state index is -1.12. The Morgan fingerprint density at radius 3 is 2.26 bits per heavy atom. The lowest BCUT2D eigenvalue weighted by Crippen LogP contribution is -2.42. The Balaban J connectivity index is 1.43. The molecule has 184 valence electrons. The number of benzene rings is 2. The predicted molar refractivity (Wildman–Crippen MR) is 142 cm³/mol. The van der Waals surface area contributed by atoms with Gasteiger partial charge in [0.1, 0.15) is 5.75 Å². The summed E-state index contributed by atoms with van der Waals surface area (Å²) in [5.74, 6) is 0.670. The molecule has 3 N–H and O–H groups in total. The predicted octanol–water partition coefficient (Wildman–Crippen LogP) is 5.42. The van der Waals surface area contributed by atoms with Crippen LogP contribution in [0.1, 0.15) is 26.5 Å². The van der Waals surface area contributed by atoms with E-state index < -0.39 is 5.60 Å².